The second kappa shape index (κ2) is 8.11. The number of fused-ring (bicyclic) bond motifs is 1. The van der Waals surface area contributed by atoms with E-state index in [4.69, 9.17) is 4.74 Å². The largest absolute Gasteiger partial charge is 0.507 e. The van der Waals surface area contributed by atoms with Crippen LogP contribution in [0.15, 0.2) is 72.4 Å². The smallest absolute Gasteiger partial charge is 0.301 e. The summed E-state index contributed by atoms with van der Waals surface area (Å²) in [5.74, 6) is -1.10. The van der Waals surface area contributed by atoms with Crippen LogP contribution in [0.1, 0.15) is 29.7 Å². The van der Waals surface area contributed by atoms with E-state index in [-0.39, 0.29) is 28.9 Å². The highest BCUT2D eigenvalue weighted by molar-refractivity contribution is 6.51. The molecule has 1 amide bonds. The Labute approximate surface area is 194 Å². The minimum Gasteiger partial charge on any atom is -0.507 e. The Morgan fingerprint density at radius 2 is 1.91 bits per heavy atom. The lowest BCUT2D eigenvalue weighted by molar-refractivity contribution is -0.384. The SMILES string of the molecule is CC1Cc2cc(C(O)=C3C(=O)C(=O)N(c4ccccn4)C3c3ccc([N+](=O)[O-])cc3)ccc2O1. The summed E-state index contributed by atoms with van der Waals surface area (Å²) in [5, 5.41) is 22.4. The lowest BCUT2D eigenvalue weighted by atomic mass is 9.94. The number of aromatic nitrogens is 1. The van der Waals surface area contributed by atoms with E-state index in [1.807, 2.05) is 6.92 Å². The second-order valence-corrected chi connectivity index (χ2v) is 8.16. The molecule has 5 rings (SSSR count). The van der Waals surface area contributed by atoms with Crippen LogP contribution in [0.4, 0.5) is 11.5 Å². The summed E-state index contributed by atoms with van der Waals surface area (Å²) in [6, 6.07) is 14.5. The maximum Gasteiger partial charge on any atom is 0.301 e. The number of nitrogens with zero attached hydrogens (tertiary/aromatic N) is 3. The van der Waals surface area contributed by atoms with Crippen LogP contribution in [0, 0.1) is 10.1 Å². The molecule has 1 saturated heterocycles. The number of rotatable bonds is 4. The molecule has 0 aliphatic carbocycles. The fraction of sp³-hybridized carbons (Fsp3) is 0.160. The molecule has 2 atom stereocenters. The standard InChI is InChI=1S/C25H19N3O6/c1-14-12-17-13-16(7-10-19(17)34-14)23(29)21-22(15-5-8-18(9-6-15)28(32)33)27(25(31)24(21)30)20-4-2-3-11-26-20/h2-11,13-14,22,29H,12H2,1H3. The van der Waals surface area contributed by atoms with E-state index in [0.29, 0.717) is 23.3 Å². The van der Waals surface area contributed by atoms with Gasteiger partial charge in [-0.15, -0.1) is 0 Å². The molecule has 170 valence electrons. The van der Waals surface area contributed by atoms with Gasteiger partial charge in [-0.05, 0) is 60.5 Å². The van der Waals surface area contributed by atoms with Crippen molar-refractivity contribution in [3.8, 4) is 5.75 Å². The van der Waals surface area contributed by atoms with Crippen LogP contribution in [0.5, 0.6) is 5.75 Å². The Morgan fingerprint density at radius 1 is 1.15 bits per heavy atom. The fourth-order valence-electron chi connectivity index (χ4n) is 4.38. The molecule has 0 spiro atoms. The molecule has 0 radical (unpaired) electrons. The summed E-state index contributed by atoms with van der Waals surface area (Å²) in [7, 11) is 0. The third-order valence-corrected chi connectivity index (χ3v) is 5.93. The summed E-state index contributed by atoms with van der Waals surface area (Å²) in [5.41, 5.74) is 1.45. The number of hydrogen-bond acceptors (Lipinski definition) is 7. The van der Waals surface area contributed by atoms with Crippen molar-refractivity contribution in [1.82, 2.24) is 4.98 Å². The van der Waals surface area contributed by atoms with Gasteiger partial charge in [0.05, 0.1) is 16.5 Å². The first-order valence-electron chi connectivity index (χ1n) is 10.6. The molecule has 9 heteroatoms. The molecule has 3 aromatic rings. The number of aliphatic hydroxyl groups is 1. The number of nitro benzene ring substituents is 1. The van der Waals surface area contributed by atoms with Gasteiger partial charge < -0.3 is 9.84 Å². The molecule has 1 N–H and O–H groups in total. The van der Waals surface area contributed by atoms with Crippen LogP contribution in [0.25, 0.3) is 5.76 Å². The number of non-ortho nitro benzene ring substituents is 1. The number of benzene rings is 2. The molecule has 0 bridgehead atoms. The number of nitro groups is 1. The first-order valence-corrected chi connectivity index (χ1v) is 10.6. The van der Waals surface area contributed by atoms with Gasteiger partial charge in [0.2, 0.25) is 0 Å². The number of anilines is 1. The van der Waals surface area contributed by atoms with Crippen molar-refractivity contribution in [2.75, 3.05) is 4.90 Å². The number of carbonyl (C=O) groups is 2. The molecule has 3 heterocycles. The Bertz CT molecular complexity index is 1350. The van der Waals surface area contributed by atoms with Crippen molar-refractivity contribution in [2.24, 2.45) is 0 Å². The molecule has 2 aliphatic heterocycles. The predicted molar refractivity (Wildman–Crippen MR) is 122 cm³/mol. The third kappa shape index (κ3) is 3.47. The van der Waals surface area contributed by atoms with E-state index in [9.17, 15) is 24.8 Å². The number of ketones is 1. The minimum atomic E-state index is -1.01. The van der Waals surface area contributed by atoms with Crippen LogP contribution < -0.4 is 9.64 Å². The van der Waals surface area contributed by atoms with Gasteiger partial charge in [-0.1, -0.05) is 6.07 Å². The van der Waals surface area contributed by atoms with E-state index >= 15 is 0 Å². The number of aliphatic hydroxyl groups excluding tert-OH is 1. The minimum absolute atomic E-state index is 0.00207. The highest BCUT2D eigenvalue weighted by atomic mass is 16.6. The Hall–Kier alpha value is -4.53. The number of amides is 1. The van der Waals surface area contributed by atoms with Gasteiger partial charge in [0.15, 0.2) is 0 Å². The van der Waals surface area contributed by atoms with Gasteiger partial charge in [-0.3, -0.25) is 24.6 Å². The van der Waals surface area contributed by atoms with Crippen LogP contribution in [-0.4, -0.2) is 32.8 Å². The fourth-order valence-corrected chi connectivity index (χ4v) is 4.38. The van der Waals surface area contributed by atoms with Crippen molar-refractivity contribution in [3.05, 3.63) is 99.2 Å². The van der Waals surface area contributed by atoms with Crippen LogP contribution in [0.2, 0.25) is 0 Å². The van der Waals surface area contributed by atoms with Gasteiger partial charge in [0.25, 0.3) is 11.5 Å². The second-order valence-electron chi connectivity index (χ2n) is 8.16. The lowest BCUT2D eigenvalue weighted by Crippen LogP contribution is -2.30. The molecular weight excluding hydrogens is 438 g/mol. The monoisotopic (exact) mass is 457 g/mol. The van der Waals surface area contributed by atoms with Crippen LogP contribution in [-0.2, 0) is 16.0 Å². The maximum atomic E-state index is 13.2. The van der Waals surface area contributed by atoms with Crippen LogP contribution in [0.3, 0.4) is 0 Å². The zero-order valence-electron chi connectivity index (χ0n) is 18.0. The topological polar surface area (TPSA) is 123 Å². The van der Waals surface area contributed by atoms with Gasteiger partial charge >= 0.3 is 5.91 Å². The first kappa shape index (κ1) is 21.3. The van der Waals surface area contributed by atoms with Gasteiger partial charge in [-0.25, -0.2) is 4.98 Å². The molecule has 2 aromatic carbocycles. The maximum absolute atomic E-state index is 13.2. The highest BCUT2D eigenvalue weighted by Crippen LogP contribution is 2.42. The number of pyridine rings is 1. The summed E-state index contributed by atoms with van der Waals surface area (Å²) in [6.45, 7) is 1.94. The molecule has 2 aliphatic rings. The normalized spacial score (nSPS) is 20.8. The summed E-state index contributed by atoms with van der Waals surface area (Å²) >= 11 is 0. The Kier molecular flexibility index (Phi) is 5.09. The predicted octanol–water partition coefficient (Wildman–Crippen LogP) is 3.94. The Balaban J connectivity index is 1.68. The molecule has 1 aromatic heterocycles. The van der Waals surface area contributed by atoms with Crippen molar-refractivity contribution >= 4 is 29.0 Å². The number of hydrogen-bond donors (Lipinski definition) is 1. The molecule has 1 fully saturated rings. The van der Waals surface area contributed by atoms with E-state index in [1.165, 1.54) is 35.4 Å². The van der Waals surface area contributed by atoms with Crippen molar-refractivity contribution in [2.45, 2.75) is 25.5 Å². The van der Waals surface area contributed by atoms with Crippen molar-refractivity contribution in [1.29, 1.82) is 0 Å². The average molecular weight is 457 g/mol. The molecule has 34 heavy (non-hydrogen) atoms. The zero-order chi connectivity index (χ0) is 24.0. The zero-order valence-corrected chi connectivity index (χ0v) is 18.0. The molecular formula is C25H19N3O6. The van der Waals surface area contributed by atoms with Crippen molar-refractivity contribution in [3.63, 3.8) is 0 Å². The molecule has 9 nitrogen and oxygen atoms in total. The number of carbonyl (C=O) groups excluding carboxylic acids is 2. The number of ether oxygens (including phenoxy) is 1. The van der Waals surface area contributed by atoms with E-state index in [1.54, 1.807) is 36.4 Å². The first-order chi connectivity index (χ1) is 16.3. The summed E-state index contributed by atoms with van der Waals surface area (Å²) in [4.78, 5) is 42.3. The summed E-state index contributed by atoms with van der Waals surface area (Å²) < 4.78 is 5.71. The van der Waals surface area contributed by atoms with E-state index in [0.717, 1.165) is 5.56 Å². The van der Waals surface area contributed by atoms with E-state index in [2.05, 4.69) is 4.98 Å². The van der Waals surface area contributed by atoms with Crippen molar-refractivity contribution < 1.29 is 24.4 Å². The van der Waals surface area contributed by atoms with Crippen LogP contribution >= 0.6 is 0 Å². The number of Topliss-reactive ketones (excluding diaryl/α,β-unsaturated/α-hetero) is 1. The average Bonchev–Trinajstić information content (AvgIpc) is 3.34. The van der Waals surface area contributed by atoms with Gasteiger partial charge in [-0.2, -0.15) is 0 Å². The third-order valence-electron chi connectivity index (χ3n) is 5.93. The van der Waals surface area contributed by atoms with E-state index < -0.39 is 22.7 Å². The van der Waals surface area contributed by atoms with Gasteiger partial charge in [0, 0.05) is 30.3 Å². The molecule has 0 saturated carbocycles. The lowest BCUT2D eigenvalue weighted by Gasteiger charge is -2.24. The quantitative estimate of drug-likeness (QED) is 0.207. The highest BCUT2D eigenvalue weighted by Gasteiger charge is 2.47. The molecule has 2 unspecified atom stereocenters. The van der Waals surface area contributed by atoms with Gasteiger partial charge in [0.1, 0.15) is 23.4 Å². The summed E-state index contributed by atoms with van der Waals surface area (Å²) in [6.07, 6.45) is 2.15. The Morgan fingerprint density at radius 3 is 2.59 bits per heavy atom.